The quantitative estimate of drug-likeness (QED) is 0.593. The van der Waals surface area contributed by atoms with Crippen molar-refractivity contribution in [2.45, 2.75) is 6.04 Å². The fourth-order valence-electron chi connectivity index (χ4n) is 2.90. The van der Waals surface area contributed by atoms with Crippen LogP contribution in [0.1, 0.15) is 27.7 Å². The van der Waals surface area contributed by atoms with Gasteiger partial charge in [-0.1, -0.05) is 65.9 Å². The van der Waals surface area contributed by atoms with E-state index in [-0.39, 0.29) is 11.3 Å². The molecule has 0 saturated heterocycles. The average molecular weight is 346 g/mol. The summed E-state index contributed by atoms with van der Waals surface area (Å²) >= 11 is 0. The van der Waals surface area contributed by atoms with Gasteiger partial charge in [0.15, 0.2) is 11.3 Å². The van der Waals surface area contributed by atoms with Crippen molar-refractivity contribution in [3.8, 4) is 0 Å². The van der Waals surface area contributed by atoms with Gasteiger partial charge >= 0.3 is 5.69 Å². The molecule has 0 radical (unpaired) electrons. The van der Waals surface area contributed by atoms with Gasteiger partial charge in [0.1, 0.15) is 12.4 Å². The van der Waals surface area contributed by atoms with Crippen molar-refractivity contribution in [2.24, 2.45) is 5.73 Å². The van der Waals surface area contributed by atoms with Gasteiger partial charge in [-0.2, -0.15) is 4.68 Å². The van der Waals surface area contributed by atoms with E-state index in [1.165, 1.54) is 15.4 Å². The third-order valence-electron chi connectivity index (χ3n) is 4.09. The Hall–Kier alpha value is -3.81. The smallest absolute Gasteiger partial charge is 0.353 e. The molecule has 2 heterocycles. The predicted molar refractivity (Wildman–Crippen MR) is 93.7 cm³/mol. The minimum Gasteiger partial charge on any atom is -0.364 e. The molecule has 0 fully saturated rings. The molecule has 2 aromatic heterocycles. The highest BCUT2D eigenvalue weighted by Crippen LogP contribution is 2.24. The molecular weight excluding hydrogens is 332 g/mol. The molecule has 1 amide bonds. The Morgan fingerprint density at radius 1 is 0.962 bits per heavy atom. The van der Waals surface area contributed by atoms with Gasteiger partial charge in [0, 0.05) is 0 Å². The standard InChI is InChI=1S/C18H14N6O2/c19-16(25)14-17-21-22-24(18(26)23(17)11-20-14)15(12-7-3-1-4-8-12)13-9-5-2-6-10-13/h1-11,15H,(H2,19,25). The van der Waals surface area contributed by atoms with Crippen molar-refractivity contribution in [1.29, 1.82) is 0 Å². The van der Waals surface area contributed by atoms with E-state index in [0.717, 1.165) is 11.1 Å². The lowest BCUT2D eigenvalue weighted by atomic mass is 9.99. The molecule has 0 saturated carbocycles. The number of amides is 1. The summed E-state index contributed by atoms with van der Waals surface area (Å²) in [6, 6.07) is 18.6. The fourth-order valence-corrected chi connectivity index (χ4v) is 2.90. The number of fused-ring (bicyclic) bond motifs is 1. The Kier molecular flexibility index (Phi) is 3.77. The van der Waals surface area contributed by atoms with Crippen LogP contribution in [0.15, 0.2) is 71.8 Å². The van der Waals surface area contributed by atoms with Crippen LogP contribution in [-0.2, 0) is 0 Å². The van der Waals surface area contributed by atoms with Gasteiger partial charge < -0.3 is 5.73 Å². The van der Waals surface area contributed by atoms with Crippen molar-refractivity contribution in [3.63, 3.8) is 0 Å². The van der Waals surface area contributed by atoms with Gasteiger partial charge in [0.05, 0.1) is 0 Å². The van der Waals surface area contributed by atoms with E-state index in [2.05, 4.69) is 15.3 Å². The first-order valence-corrected chi connectivity index (χ1v) is 7.89. The number of benzene rings is 2. The highest BCUT2D eigenvalue weighted by atomic mass is 16.2. The number of nitrogens with two attached hydrogens (primary N) is 1. The van der Waals surface area contributed by atoms with Crippen LogP contribution in [0.2, 0.25) is 0 Å². The minimum atomic E-state index is -0.762. The van der Waals surface area contributed by atoms with Gasteiger partial charge in [-0.05, 0) is 11.1 Å². The lowest BCUT2D eigenvalue weighted by Gasteiger charge is -2.18. The van der Waals surface area contributed by atoms with E-state index in [1.54, 1.807) is 0 Å². The lowest BCUT2D eigenvalue weighted by Crippen LogP contribution is -2.34. The summed E-state index contributed by atoms with van der Waals surface area (Å²) in [7, 11) is 0. The normalized spacial score (nSPS) is 11.1. The summed E-state index contributed by atoms with van der Waals surface area (Å²) in [5.74, 6) is -0.762. The van der Waals surface area contributed by atoms with Gasteiger partial charge in [0.2, 0.25) is 0 Å². The third-order valence-corrected chi connectivity index (χ3v) is 4.09. The number of primary amides is 1. The molecule has 0 aliphatic heterocycles. The maximum absolute atomic E-state index is 13.0. The number of carbonyl (C=O) groups excluding carboxylic acids is 1. The molecular formula is C18H14N6O2. The Balaban J connectivity index is 1.96. The summed E-state index contributed by atoms with van der Waals surface area (Å²) in [5.41, 5.74) is 6.51. The van der Waals surface area contributed by atoms with Crippen molar-refractivity contribution >= 4 is 11.6 Å². The van der Waals surface area contributed by atoms with Crippen LogP contribution in [0.25, 0.3) is 5.65 Å². The van der Waals surface area contributed by atoms with Crippen molar-refractivity contribution in [3.05, 3.63) is 94.3 Å². The number of aromatic nitrogens is 5. The van der Waals surface area contributed by atoms with Crippen LogP contribution in [0, 0.1) is 0 Å². The van der Waals surface area contributed by atoms with Gasteiger partial charge in [0.25, 0.3) is 5.91 Å². The first-order chi connectivity index (χ1) is 12.7. The molecule has 8 heteroatoms. The first kappa shape index (κ1) is 15.7. The summed E-state index contributed by atoms with van der Waals surface area (Å²) in [4.78, 5) is 28.3. The van der Waals surface area contributed by atoms with Crippen LogP contribution in [-0.4, -0.2) is 30.3 Å². The topological polar surface area (TPSA) is 108 Å². The monoisotopic (exact) mass is 346 g/mol. The predicted octanol–water partition coefficient (Wildman–Crippen LogP) is 1.02. The molecule has 0 aliphatic rings. The zero-order valence-electron chi connectivity index (χ0n) is 13.6. The maximum atomic E-state index is 13.0. The average Bonchev–Trinajstić information content (AvgIpc) is 3.11. The zero-order valence-corrected chi connectivity index (χ0v) is 13.6. The van der Waals surface area contributed by atoms with E-state index in [9.17, 15) is 9.59 Å². The number of hydrogen-bond acceptors (Lipinski definition) is 5. The van der Waals surface area contributed by atoms with Gasteiger partial charge in [-0.25, -0.2) is 14.2 Å². The van der Waals surface area contributed by atoms with E-state index in [4.69, 9.17) is 5.73 Å². The van der Waals surface area contributed by atoms with Crippen LogP contribution in [0.4, 0.5) is 0 Å². The van der Waals surface area contributed by atoms with Crippen molar-refractivity contribution in [1.82, 2.24) is 24.4 Å². The number of rotatable bonds is 4. The van der Waals surface area contributed by atoms with Gasteiger partial charge in [-0.15, -0.1) is 5.10 Å². The SMILES string of the molecule is NC(=O)c1ncn2c(=O)n(C(c3ccccc3)c3ccccc3)nnc12. The largest absolute Gasteiger partial charge is 0.364 e. The molecule has 8 nitrogen and oxygen atoms in total. The number of imidazole rings is 1. The Labute approximate surface area is 147 Å². The molecule has 2 aromatic carbocycles. The molecule has 0 unspecified atom stereocenters. The molecule has 0 spiro atoms. The Morgan fingerprint density at radius 3 is 2.08 bits per heavy atom. The molecule has 0 aliphatic carbocycles. The number of nitrogens with zero attached hydrogens (tertiary/aromatic N) is 5. The molecule has 4 rings (SSSR count). The minimum absolute atomic E-state index is 0.0404. The van der Waals surface area contributed by atoms with Crippen LogP contribution >= 0.6 is 0 Å². The summed E-state index contributed by atoms with van der Waals surface area (Å²) < 4.78 is 2.44. The van der Waals surface area contributed by atoms with E-state index >= 15 is 0 Å². The fraction of sp³-hybridized carbons (Fsp3) is 0.0556. The van der Waals surface area contributed by atoms with Crippen LogP contribution in [0.5, 0.6) is 0 Å². The lowest BCUT2D eigenvalue weighted by molar-refractivity contribution is 0.0997. The second-order valence-corrected chi connectivity index (χ2v) is 5.69. The second-order valence-electron chi connectivity index (χ2n) is 5.69. The molecule has 0 bridgehead atoms. The second kappa shape index (κ2) is 6.25. The van der Waals surface area contributed by atoms with E-state index in [0.29, 0.717) is 0 Å². The molecule has 2 N–H and O–H groups in total. The Bertz CT molecular complexity index is 1100. The highest BCUT2D eigenvalue weighted by molar-refractivity contribution is 5.96. The summed E-state index contributed by atoms with van der Waals surface area (Å²) in [6.07, 6.45) is 1.23. The maximum Gasteiger partial charge on any atom is 0.353 e. The van der Waals surface area contributed by atoms with Gasteiger partial charge in [-0.3, -0.25) is 4.79 Å². The van der Waals surface area contributed by atoms with E-state index < -0.39 is 17.6 Å². The van der Waals surface area contributed by atoms with Crippen LogP contribution in [0.3, 0.4) is 0 Å². The molecule has 128 valence electrons. The van der Waals surface area contributed by atoms with Crippen LogP contribution < -0.4 is 11.4 Å². The molecule has 4 aromatic rings. The number of hydrogen-bond donors (Lipinski definition) is 1. The highest BCUT2D eigenvalue weighted by Gasteiger charge is 2.22. The molecule has 26 heavy (non-hydrogen) atoms. The zero-order chi connectivity index (χ0) is 18.1. The first-order valence-electron chi connectivity index (χ1n) is 7.89. The molecule has 0 atom stereocenters. The third kappa shape index (κ3) is 2.53. The Morgan fingerprint density at radius 2 is 1.54 bits per heavy atom. The summed E-state index contributed by atoms with van der Waals surface area (Å²) in [5, 5.41) is 8.07. The number of carbonyl (C=O) groups is 1. The van der Waals surface area contributed by atoms with Crippen molar-refractivity contribution in [2.75, 3.05) is 0 Å². The van der Waals surface area contributed by atoms with Crippen molar-refractivity contribution < 1.29 is 4.79 Å². The van der Waals surface area contributed by atoms with E-state index in [1.807, 2.05) is 60.7 Å². The summed E-state index contributed by atoms with van der Waals surface area (Å²) in [6.45, 7) is 0.